The van der Waals surface area contributed by atoms with Gasteiger partial charge in [-0.3, -0.25) is 10.1 Å². The second-order valence-electron chi connectivity index (χ2n) is 2.75. The van der Waals surface area contributed by atoms with Gasteiger partial charge in [0.15, 0.2) is 5.78 Å². The number of carbonyl (C=O) groups excluding carboxylic acids is 1. The highest BCUT2D eigenvalue weighted by Crippen LogP contribution is 2.26. The fourth-order valence-electron chi connectivity index (χ4n) is 1.36. The maximum atomic E-state index is 11.3. The first-order chi connectivity index (χ1) is 5.79. The second kappa shape index (κ2) is 2.99. The maximum Gasteiger partial charge on any atom is 0.177 e. The van der Waals surface area contributed by atoms with Crippen molar-refractivity contribution in [1.29, 1.82) is 0 Å². The highest BCUT2D eigenvalue weighted by atomic mass is 79.9. The number of nitrogens with one attached hydrogen (secondary N) is 1. The monoisotopic (exact) mass is 225 g/mol. The van der Waals surface area contributed by atoms with Crippen LogP contribution >= 0.6 is 15.9 Å². The normalized spacial score (nSPS) is 22.1. The number of hydrogen-bond donors (Lipinski definition) is 1. The van der Waals surface area contributed by atoms with Crippen LogP contribution in [-0.4, -0.2) is 12.3 Å². The molecular formula is C9H8BrNO. The predicted octanol–water partition coefficient (Wildman–Crippen LogP) is 1.87. The first-order valence-electron chi connectivity index (χ1n) is 3.78. The molecule has 0 saturated carbocycles. The van der Waals surface area contributed by atoms with Crippen LogP contribution in [0.5, 0.6) is 0 Å². The Hall–Kier alpha value is -0.670. The summed E-state index contributed by atoms with van der Waals surface area (Å²) in [6.45, 7) is 0.424. The maximum absolute atomic E-state index is 11.3. The molecule has 1 aromatic carbocycles. The van der Waals surface area contributed by atoms with Crippen molar-refractivity contribution in [3.8, 4) is 0 Å². The van der Waals surface area contributed by atoms with Crippen LogP contribution in [0.25, 0.3) is 0 Å². The summed E-state index contributed by atoms with van der Waals surface area (Å²) in [6.07, 6.45) is 0. The molecule has 0 aliphatic carbocycles. The molecule has 0 fully saturated rings. The molecule has 0 amide bonds. The van der Waals surface area contributed by atoms with Crippen molar-refractivity contribution in [2.75, 3.05) is 6.54 Å². The summed E-state index contributed by atoms with van der Waals surface area (Å²) in [6, 6.07) is 7.65. The van der Waals surface area contributed by atoms with Crippen LogP contribution in [0.4, 0.5) is 0 Å². The number of rotatable bonds is 0. The van der Waals surface area contributed by atoms with E-state index in [4.69, 9.17) is 0 Å². The van der Waals surface area contributed by atoms with Crippen LogP contribution in [0.2, 0.25) is 0 Å². The first kappa shape index (κ1) is 7.95. The molecule has 2 nitrogen and oxygen atoms in total. The van der Waals surface area contributed by atoms with Crippen molar-refractivity contribution >= 4 is 21.7 Å². The van der Waals surface area contributed by atoms with Crippen LogP contribution in [0, 0.1) is 0 Å². The van der Waals surface area contributed by atoms with E-state index < -0.39 is 0 Å². The van der Waals surface area contributed by atoms with Crippen molar-refractivity contribution in [2.24, 2.45) is 0 Å². The Bertz CT molecular complexity index is 324. The molecule has 1 heterocycles. The van der Waals surface area contributed by atoms with Crippen LogP contribution < -0.4 is 5.32 Å². The van der Waals surface area contributed by atoms with Crippen molar-refractivity contribution in [1.82, 2.24) is 5.32 Å². The molecule has 1 atom stereocenters. The van der Waals surface area contributed by atoms with Crippen molar-refractivity contribution in [3.05, 3.63) is 35.4 Å². The van der Waals surface area contributed by atoms with E-state index in [-0.39, 0.29) is 10.7 Å². The van der Waals surface area contributed by atoms with Gasteiger partial charge in [-0.15, -0.1) is 0 Å². The molecule has 0 saturated heterocycles. The number of Topliss-reactive ketones (excluding diaryl/α,β-unsaturated/α-hetero) is 1. The molecule has 1 aliphatic heterocycles. The number of hydrogen-bond acceptors (Lipinski definition) is 2. The van der Waals surface area contributed by atoms with Gasteiger partial charge in [-0.2, -0.15) is 0 Å². The molecule has 1 aromatic rings. The standard InChI is InChI=1S/C9H8BrNO/c10-9-7-4-2-1-3-6(7)8(12)5-11-9/h1-4,9,11H,5H2. The fourth-order valence-corrected chi connectivity index (χ4v) is 1.92. The minimum atomic E-state index is 0.117. The van der Waals surface area contributed by atoms with Crippen LogP contribution in [-0.2, 0) is 0 Å². The molecule has 1 N–H and O–H groups in total. The van der Waals surface area contributed by atoms with E-state index >= 15 is 0 Å². The Labute approximate surface area is 79.1 Å². The fraction of sp³-hybridized carbons (Fsp3) is 0.222. The van der Waals surface area contributed by atoms with E-state index in [0.29, 0.717) is 6.54 Å². The topological polar surface area (TPSA) is 29.1 Å². The summed E-state index contributed by atoms with van der Waals surface area (Å²) in [5.74, 6) is 0.168. The third-order valence-corrected chi connectivity index (χ3v) is 2.79. The van der Waals surface area contributed by atoms with E-state index in [2.05, 4.69) is 21.2 Å². The van der Waals surface area contributed by atoms with Gasteiger partial charge in [0, 0.05) is 5.56 Å². The Kier molecular flexibility index (Phi) is 1.98. The third-order valence-electron chi connectivity index (χ3n) is 1.98. The predicted molar refractivity (Wildman–Crippen MR) is 50.4 cm³/mol. The average molecular weight is 226 g/mol. The molecule has 12 heavy (non-hydrogen) atoms. The summed E-state index contributed by atoms with van der Waals surface area (Å²) >= 11 is 3.45. The summed E-state index contributed by atoms with van der Waals surface area (Å²) < 4.78 is 0. The number of ketones is 1. The van der Waals surface area contributed by atoms with Gasteiger partial charge in [0.1, 0.15) is 0 Å². The molecule has 3 heteroatoms. The van der Waals surface area contributed by atoms with Gasteiger partial charge < -0.3 is 0 Å². The molecule has 0 spiro atoms. The quantitative estimate of drug-likeness (QED) is 0.540. The molecule has 62 valence electrons. The van der Waals surface area contributed by atoms with Crippen LogP contribution in [0.1, 0.15) is 20.9 Å². The zero-order valence-electron chi connectivity index (χ0n) is 6.38. The minimum Gasteiger partial charge on any atom is -0.294 e. The van der Waals surface area contributed by atoms with E-state index in [1.54, 1.807) is 0 Å². The zero-order chi connectivity index (χ0) is 8.55. The van der Waals surface area contributed by atoms with Crippen molar-refractivity contribution < 1.29 is 4.79 Å². The number of fused-ring (bicyclic) bond motifs is 1. The molecular weight excluding hydrogens is 218 g/mol. The van der Waals surface area contributed by atoms with E-state index in [1.807, 2.05) is 24.3 Å². The molecule has 0 bridgehead atoms. The van der Waals surface area contributed by atoms with E-state index in [1.165, 1.54) is 0 Å². The summed E-state index contributed by atoms with van der Waals surface area (Å²) in [5.41, 5.74) is 1.87. The average Bonchev–Trinajstić information content (AvgIpc) is 2.12. The Morgan fingerprint density at radius 1 is 1.42 bits per heavy atom. The smallest absolute Gasteiger partial charge is 0.177 e. The van der Waals surface area contributed by atoms with Gasteiger partial charge >= 0.3 is 0 Å². The SMILES string of the molecule is O=C1CNC(Br)c2ccccc21. The highest BCUT2D eigenvalue weighted by molar-refractivity contribution is 9.09. The molecule has 0 radical (unpaired) electrons. The van der Waals surface area contributed by atoms with Gasteiger partial charge in [0.2, 0.25) is 0 Å². The Morgan fingerprint density at radius 3 is 2.92 bits per heavy atom. The Morgan fingerprint density at radius 2 is 2.17 bits per heavy atom. The summed E-state index contributed by atoms with van der Waals surface area (Å²) in [7, 11) is 0. The lowest BCUT2D eigenvalue weighted by molar-refractivity contribution is 0.0982. The third kappa shape index (κ3) is 1.19. The number of carbonyl (C=O) groups is 1. The largest absolute Gasteiger partial charge is 0.294 e. The second-order valence-corrected chi connectivity index (χ2v) is 3.67. The van der Waals surface area contributed by atoms with Crippen LogP contribution in [0.15, 0.2) is 24.3 Å². The van der Waals surface area contributed by atoms with Gasteiger partial charge in [-0.25, -0.2) is 0 Å². The lowest BCUT2D eigenvalue weighted by Gasteiger charge is -2.20. The molecule has 1 aliphatic rings. The van der Waals surface area contributed by atoms with Gasteiger partial charge in [0.05, 0.1) is 11.5 Å². The molecule has 2 rings (SSSR count). The van der Waals surface area contributed by atoms with Crippen molar-refractivity contribution in [2.45, 2.75) is 4.95 Å². The highest BCUT2D eigenvalue weighted by Gasteiger charge is 2.21. The van der Waals surface area contributed by atoms with E-state index in [0.717, 1.165) is 11.1 Å². The molecule has 1 unspecified atom stereocenters. The zero-order valence-corrected chi connectivity index (χ0v) is 7.97. The van der Waals surface area contributed by atoms with Gasteiger partial charge in [-0.05, 0) is 5.56 Å². The number of alkyl halides is 1. The number of halogens is 1. The first-order valence-corrected chi connectivity index (χ1v) is 4.70. The lowest BCUT2D eigenvalue weighted by atomic mass is 10.0. The Balaban J connectivity index is 2.55. The van der Waals surface area contributed by atoms with Crippen molar-refractivity contribution in [3.63, 3.8) is 0 Å². The van der Waals surface area contributed by atoms with Gasteiger partial charge in [0.25, 0.3) is 0 Å². The van der Waals surface area contributed by atoms with E-state index in [9.17, 15) is 4.79 Å². The van der Waals surface area contributed by atoms with Crippen LogP contribution in [0.3, 0.4) is 0 Å². The molecule has 0 aromatic heterocycles. The summed E-state index contributed by atoms with van der Waals surface area (Å²) in [4.78, 5) is 11.5. The lowest BCUT2D eigenvalue weighted by Crippen LogP contribution is -2.31. The summed E-state index contributed by atoms with van der Waals surface area (Å²) in [5, 5.41) is 3.06. The number of benzene rings is 1. The van der Waals surface area contributed by atoms with Gasteiger partial charge in [-0.1, -0.05) is 40.2 Å². The minimum absolute atomic E-state index is 0.117.